The van der Waals surface area contributed by atoms with Crippen molar-refractivity contribution in [2.45, 2.75) is 26.4 Å². The first-order chi connectivity index (χ1) is 9.04. The van der Waals surface area contributed by atoms with Crippen molar-refractivity contribution in [3.63, 3.8) is 0 Å². The summed E-state index contributed by atoms with van der Waals surface area (Å²) >= 11 is 1.57. The van der Waals surface area contributed by atoms with Crippen LogP contribution in [-0.2, 0) is 11.3 Å². The molecule has 0 bridgehead atoms. The van der Waals surface area contributed by atoms with E-state index in [0.29, 0.717) is 24.5 Å². The highest BCUT2D eigenvalue weighted by atomic mass is 32.2. The molecule has 104 valence electrons. The van der Waals surface area contributed by atoms with Crippen LogP contribution in [0.2, 0.25) is 0 Å². The minimum Gasteiger partial charge on any atom is -0.480 e. The predicted molar refractivity (Wildman–Crippen MR) is 72.4 cm³/mol. The minimum atomic E-state index is -0.945. The zero-order chi connectivity index (χ0) is 14.0. The molecule has 1 atom stereocenters. The molecule has 0 spiro atoms. The Hall–Kier alpha value is -1.50. The molecule has 0 aliphatic carbocycles. The quantitative estimate of drug-likeness (QED) is 0.890. The largest absolute Gasteiger partial charge is 0.480 e. The Morgan fingerprint density at radius 1 is 1.58 bits per heavy atom. The molecule has 6 nitrogen and oxygen atoms in total. The van der Waals surface area contributed by atoms with E-state index in [2.05, 4.69) is 5.10 Å². The van der Waals surface area contributed by atoms with E-state index in [-0.39, 0.29) is 5.91 Å². The van der Waals surface area contributed by atoms with E-state index in [1.165, 1.54) is 4.90 Å². The monoisotopic (exact) mass is 283 g/mol. The highest BCUT2D eigenvalue weighted by Crippen LogP contribution is 2.19. The average molecular weight is 283 g/mol. The SMILES string of the molecule is CCn1nc(C)cc1C(=O)N1CCSCC1C(=O)O. The summed E-state index contributed by atoms with van der Waals surface area (Å²) in [5.41, 5.74) is 1.24. The molecule has 1 amide bonds. The van der Waals surface area contributed by atoms with Crippen molar-refractivity contribution in [3.8, 4) is 0 Å². The lowest BCUT2D eigenvalue weighted by molar-refractivity contribution is -0.141. The number of carbonyl (C=O) groups excluding carboxylic acids is 1. The van der Waals surface area contributed by atoms with Crippen molar-refractivity contribution in [1.82, 2.24) is 14.7 Å². The van der Waals surface area contributed by atoms with Crippen LogP contribution in [0.3, 0.4) is 0 Å². The topological polar surface area (TPSA) is 75.4 Å². The van der Waals surface area contributed by atoms with Gasteiger partial charge in [-0.05, 0) is 19.9 Å². The Morgan fingerprint density at radius 2 is 2.32 bits per heavy atom. The molecule has 1 aliphatic rings. The van der Waals surface area contributed by atoms with Gasteiger partial charge in [-0.2, -0.15) is 16.9 Å². The number of nitrogens with zero attached hydrogens (tertiary/aromatic N) is 3. The smallest absolute Gasteiger partial charge is 0.327 e. The molecule has 7 heteroatoms. The van der Waals surface area contributed by atoms with Gasteiger partial charge in [-0.25, -0.2) is 4.79 Å². The highest BCUT2D eigenvalue weighted by molar-refractivity contribution is 7.99. The number of carboxylic acids is 1. The highest BCUT2D eigenvalue weighted by Gasteiger charge is 2.34. The Kier molecular flexibility index (Phi) is 4.14. The van der Waals surface area contributed by atoms with Crippen LogP contribution in [0, 0.1) is 6.92 Å². The number of rotatable bonds is 3. The van der Waals surface area contributed by atoms with Crippen LogP contribution in [0.4, 0.5) is 0 Å². The standard InChI is InChI=1S/C12H17N3O3S/c1-3-15-9(6-8(2)13-15)11(16)14-4-5-19-7-10(14)12(17)18/h6,10H,3-5,7H2,1-2H3,(H,17,18). The van der Waals surface area contributed by atoms with Crippen LogP contribution in [0.15, 0.2) is 6.07 Å². The van der Waals surface area contributed by atoms with Crippen LogP contribution in [0.1, 0.15) is 23.1 Å². The van der Waals surface area contributed by atoms with Gasteiger partial charge in [0.1, 0.15) is 11.7 Å². The molecule has 1 aromatic rings. The van der Waals surface area contributed by atoms with Gasteiger partial charge in [-0.1, -0.05) is 0 Å². The molecule has 1 fully saturated rings. The summed E-state index contributed by atoms with van der Waals surface area (Å²) in [5.74, 6) is 0.0321. The summed E-state index contributed by atoms with van der Waals surface area (Å²) in [6.45, 7) is 4.79. The second-order valence-electron chi connectivity index (χ2n) is 4.41. The van der Waals surface area contributed by atoms with E-state index in [4.69, 9.17) is 0 Å². The third-order valence-electron chi connectivity index (χ3n) is 3.10. The van der Waals surface area contributed by atoms with Gasteiger partial charge in [0.05, 0.1) is 5.69 Å². The number of hydrogen-bond donors (Lipinski definition) is 1. The summed E-state index contributed by atoms with van der Waals surface area (Å²) in [6, 6.07) is 0.971. The van der Waals surface area contributed by atoms with Gasteiger partial charge < -0.3 is 10.0 Å². The summed E-state index contributed by atoms with van der Waals surface area (Å²) < 4.78 is 1.62. The van der Waals surface area contributed by atoms with Gasteiger partial charge >= 0.3 is 5.97 Å². The van der Waals surface area contributed by atoms with E-state index < -0.39 is 12.0 Å². The molecule has 1 aliphatic heterocycles. The molecule has 0 saturated carbocycles. The third-order valence-corrected chi connectivity index (χ3v) is 4.12. The first-order valence-corrected chi connectivity index (χ1v) is 7.36. The number of aromatic nitrogens is 2. The minimum absolute atomic E-state index is 0.241. The number of aliphatic carboxylic acids is 1. The van der Waals surface area contributed by atoms with E-state index in [1.54, 1.807) is 22.5 Å². The number of thioether (sulfide) groups is 1. The molecule has 1 saturated heterocycles. The second kappa shape index (κ2) is 5.64. The number of aryl methyl sites for hydroxylation is 2. The summed E-state index contributed by atoms with van der Waals surface area (Å²) in [4.78, 5) is 25.2. The van der Waals surface area contributed by atoms with Gasteiger partial charge in [-0.3, -0.25) is 9.48 Å². The van der Waals surface area contributed by atoms with E-state index in [1.807, 2.05) is 13.8 Å². The van der Waals surface area contributed by atoms with Crippen LogP contribution in [-0.4, -0.2) is 55.8 Å². The summed E-state index contributed by atoms with van der Waals surface area (Å²) in [7, 11) is 0. The maximum Gasteiger partial charge on any atom is 0.327 e. The Bertz CT molecular complexity index is 500. The lowest BCUT2D eigenvalue weighted by atomic mass is 10.2. The molecule has 19 heavy (non-hydrogen) atoms. The van der Waals surface area contributed by atoms with Crippen LogP contribution in [0.5, 0.6) is 0 Å². The molecule has 0 aromatic carbocycles. The van der Waals surface area contributed by atoms with Gasteiger partial charge in [0.15, 0.2) is 0 Å². The molecular weight excluding hydrogens is 266 g/mol. The van der Waals surface area contributed by atoms with Crippen LogP contribution < -0.4 is 0 Å². The van der Waals surface area contributed by atoms with Crippen LogP contribution >= 0.6 is 11.8 Å². The average Bonchev–Trinajstić information content (AvgIpc) is 2.79. The van der Waals surface area contributed by atoms with Gasteiger partial charge in [0.25, 0.3) is 5.91 Å². The molecule has 0 radical (unpaired) electrons. The lowest BCUT2D eigenvalue weighted by Crippen LogP contribution is -2.50. The molecule has 2 rings (SSSR count). The number of hydrogen-bond acceptors (Lipinski definition) is 4. The Balaban J connectivity index is 2.28. The van der Waals surface area contributed by atoms with Crippen molar-refractivity contribution in [2.75, 3.05) is 18.1 Å². The summed E-state index contributed by atoms with van der Waals surface area (Å²) in [5, 5.41) is 13.4. The predicted octanol–water partition coefficient (Wildman–Crippen LogP) is 0.854. The fourth-order valence-electron chi connectivity index (χ4n) is 2.16. The normalized spacial score (nSPS) is 19.5. The second-order valence-corrected chi connectivity index (χ2v) is 5.56. The first-order valence-electron chi connectivity index (χ1n) is 6.20. The van der Waals surface area contributed by atoms with Crippen molar-refractivity contribution in [3.05, 3.63) is 17.5 Å². The molecule has 2 heterocycles. The molecule has 1 aromatic heterocycles. The van der Waals surface area contributed by atoms with E-state index in [0.717, 1.165) is 11.4 Å². The zero-order valence-corrected chi connectivity index (χ0v) is 11.8. The Labute approximate surface area is 115 Å². The molecule has 1 unspecified atom stereocenters. The summed E-state index contributed by atoms with van der Waals surface area (Å²) in [6.07, 6.45) is 0. The van der Waals surface area contributed by atoms with Gasteiger partial charge in [-0.15, -0.1) is 0 Å². The number of carboxylic acid groups (broad SMARTS) is 1. The maximum atomic E-state index is 12.5. The maximum absolute atomic E-state index is 12.5. The lowest BCUT2D eigenvalue weighted by Gasteiger charge is -2.32. The molecule has 1 N–H and O–H groups in total. The van der Waals surface area contributed by atoms with Gasteiger partial charge in [0.2, 0.25) is 0 Å². The van der Waals surface area contributed by atoms with E-state index in [9.17, 15) is 14.7 Å². The number of carbonyl (C=O) groups is 2. The fraction of sp³-hybridized carbons (Fsp3) is 0.583. The van der Waals surface area contributed by atoms with Crippen LogP contribution in [0.25, 0.3) is 0 Å². The fourth-order valence-corrected chi connectivity index (χ4v) is 3.20. The van der Waals surface area contributed by atoms with Crippen molar-refractivity contribution >= 4 is 23.6 Å². The zero-order valence-electron chi connectivity index (χ0n) is 11.0. The Morgan fingerprint density at radius 3 is 2.95 bits per heavy atom. The first kappa shape index (κ1) is 13.9. The number of amides is 1. The third kappa shape index (κ3) is 2.75. The molecular formula is C12H17N3O3S. The van der Waals surface area contributed by atoms with Gasteiger partial charge in [0, 0.05) is 24.6 Å². The van der Waals surface area contributed by atoms with Crippen molar-refractivity contribution in [2.24, 2.45) is 0 Å². The van der Waals surface area contributed by atoms with E-state index >= 15 is 0 Å². The van der Waals surface area contributed by atoms with Crippen molar-refractivity contribution in [1.29, 1.82) is 0 Å². The van der Waals surface area contributed by atoms with Crippen molar-refractivity contribution < 1.29 is 14.7 Å².